The lowest BCUT2D eigenvalue weighted by Crippen LogP contribution is -2.39. The van der Waals surface area contributed by atoms with Gasteiger partial charge in [0.25, 0.3) is 0 Å². The molecule has 0 amide bonds. The monoisotopic (exact) mass is 625 g/mol. The van der Waals surface area contributed by atoms with E-state index in [0.29, 0.717) is 45.0 Å². The van der Waals surface area contributed by atoms with Gasteiger partial charge >= 0.3 is 12.2 Å². The summed E-state index contributed by atoms with van der Waals surface area (Å²) in [6, 6.07) is 0.213. The van der Waals surface area contributed by atoms with Crippen LogP contribution in [-0.4, -0.2) is 71.1 Å². The van der Waals surface area contributed by atoms with Crippen molar-refractivity contribution in [2.75, 3.05) is 44.0 Å². The number of nitrogens with one attached hydrogen (secondary N) is 2. The van der Waals surface area contributed by atoms with E-state index in [0.717, 1.165) is 6.92 Å². The summed E-state index contributed by atoms with van der Waals surface area (Å²) >= 11 is 0. The quantitative estimate of drug-likeness (QED) is 0.196. The number of likely N-dealkylation sites (tertiary alicyclic amines) is 1. The molecule has 0 spiro atoms. The van der Waals surface area contributed by atoms with Crippen molar-refractivity contribution in [2.45, 2.75) is 57.6 Å². The minimum atomic E-state index is -5.08. The Morgan fingerprint density at radius 1 is 1.20 bits per heavy atom. The molecule has 2 aliphatic rings. The third kappa shape index (κ3) is 6.48. The van der Waals surface area contributed by atoms with Crippen molar-refractivity contribution in [2.24, 2.45) is 0 Å². The highest BCUT2D eigenvalue weighted by molar-refractivity contribution is 5.96. The lowest BCUT2D eigenvalue weighted by molar-refractivity contribution is -0.137. The summed E-state index contributed by atoms with van der Waals surface area (Å²) in [5.74, 6) is -2.69. The fourth-order valence-electron chi connectivity index (χ4n) is 5.51. The highest BCUT2D eigenvalue weighted by Crippen LogP contribution is 2.44. The molecule has 0 aliphatic carbocycles. The van der Waals surface area contributed by atoms with Gasteiger partial charge in [-0.1, -0.05) is 6.08 Å². The summed E-state index contributed by atoms with van der Waals surface area (Å²) in [4.78, 5) is 14.5. The minimum Gasteiger partial charge on any atom is -0.474 e. The number of alkyl halides is 4. The Labute approximate surface area is 249 Å². The van der Waals surface area contributed by atoms with Gasteiger partial charge in [-0.15, -0.1) is 6.58 Å². The number of anilines is 2. The Kier molecular flexibility index (Phi) is 9.07. The van der Waals surface area contributed by atoms with Crippen molar-refractivity contribution >= 4 is 22.4 Å². The van der Waals surface area contributed by atoms with E-state index in [9.17, 15) is 22.0 Å². The fourth-order valence-corrected chi connectivity index (χ4v) is 5.51. The second kappa shape index (κ2) is 12.6. The molecule has 2 aromatic heterocycles. The molecule has 0 radical (unpaired) electrons. The Balaban J connectivity index is 1.72. The van der Waals surface area contributed by atoms with Crippen LogP contribution < -0.4 is 25.8 Å². The summed E-state index contributed by atoms with van der Waals surface area (Å²) < 4.78 is 99.7. The molecule has 15 heteroatoms. The van der Waals surface area contributed by atoms with Gasteiger partial charge in [0.1, 0.15) is 41.1 Å². The van der Waals surface area contributed by atoms with Gasteiger partial charge in [0.2, 0.25) is 5.88 Å². The lowest BCUT2D eigenvalue weighted by Gasteiger charge is -2.28. The van der Waals surface area contributed by atoms with Crippen LogP contribution in [0, 0.1) is 18.6 Å². The number of nitrogen functional groups attached to an aromatic ring is 1. The molecule has 1 fully saturated rings. The van der Waals surface area contributed by atoms with Crippen molar-refractivity contribution in [1.29, 1.82) is 0 Å². The van der Waals surface area contributed by atoms with Crippen molar-refractivity contribution in [3.05, 3.63) is 41.5 Å². The largest absolute Gasteiger partial charge is 0.474 e. The third-order valence-electron chi connectivity index (χ3n) is 7.63. The summed E-state index contributed by atoms with van der Waals surface area (Å²) in [6.07, 6.45) is -3.52. The first-order valence-electron chi connectivity index (χ1n) is 14.2. The molecule has 5 rings (SSSR count). The van der Waals surface area contributed by atoms with Crippen LogP contribution in [0.2, 0.25) is 0 Å². The minimum absolute atomic E-state index is 0.0235. The Morgan fingerprint density at radius 3 is 2.68 bits per heavy atom. The number of nitrogens with zero attached hydrogens (tertiary/aromatic N) is 4. The highest BCUT2D eigenvalue weighted by atomic mass is 19.4. The first-order chi connectivity index (χ1) is 20.9. The third-order valence-corrected chi connectivity index (χ3v) is 7.63. The molecular weight excluding hydrogens is 592 g/mol. The van der Waals surface area contributed by atoms with Crippen LogP contribution in [0.5, 0.6) is 11.9 Å². The average molecular weight is 626 g/mol. The van der Waals surface area contributed by atoms with E-state index in [1.807, 2.05) is 0 Å². The number of pyridine rings is 1. The van der Waals surface area contributed by atoms with Crippen molar-refractivity contribution in [3.63, 3.8) is 0 Å². The van der Waals surface area contributed by atoms with E-state index in [1.165, 1.54) is 0 Å². The van der Waals surface area contributed by atoms with Gasteiger partial charge in [0.15, 0.2) is 5.82 Å². The van der Waals surface area contributed by atoms with E-state index in [4.69, 9.17) is 15.2 Å². The maximum atomic E-state index is 16.5. The number of hydrogen-bond donors (Lipinski definition) is 3. The number of halogens is 6. The molecule has 1 saturated heterocycles. The molecule has 0 saturated carbocycles. The zero-order valence-electron chi connectivity index (χ0n) is 24.2. The van der Waals surface area contributed by atoms with Crippen LogP contribution >= 0.6 is 0 Å². The van der Waals surface area contributed by atoms with Gasteiger partial charge in [-0.05, 0) is 38.3 Å². The van der Waals surface area contributed by atoms with Gasteiger partial charge in [-0.3, -0.25) is 4.90 Å². The van der Waals surface area contributed by atoms with E-state index in [1.54, 1.807) is 17.9 Å². The highest BCUT2D eigenvalue weighted by Gasteiger charge is 2.39. The fraction of sp³-hybridized carbons (Fsp3) is 0.483. The summed E-state index contributed by atoms with van der Waals surface area (Å²) in [7, 11) is 0. The van der Waals surface area contributed by atoms with Crippen LogP contribution in [0.3, 0.4) is 0 Å². The average Bonchev–Trinajstić information content (AvgIpc) is 2.99. The van der Waals surface area contributed by atoms with Crippen LogP contribution in [0.15, 0.2) is 18.7 Å². The molecule has 238 valence electrons. The molecule has 3 aromatic rings. The summed E-state index contributed by atoms with van der Waals surface area (Å²) in [5, 5.41) is 6.34. The van der Waals surface area contributed by atoms with E-state index in [2.05, 4.69) is 32.2 Å². The first kappa shape index (κ1) is 31.6. The van der Waals surface area contributed by atoms with Crippen molar-refractivity contribution in [1.82, 2.24) is 25.2 Å². The topological polar surface area (TPSA) is 110 Å². The van der Waals surface area contributed by atoms with Crippen molar-refractivity contribution in [3.8, 4) is 23.1 Å². The van der Waals surface area contributed by atoms with Crippen molar-refractivity contribution < 1.29 is 35.8 Å². The Bertz CT molecular complexity index is 1550. The lowest BCUT2D eigenvalue weighted by atomic mass is 9.96. The predicted octanol–water partition coefficient (Wildman–Crippen LogP) is 5.38. The van der Waals surface area contributed by atoms with Crippen LogP contribution in [0.25, 0.3) is 22.2 Å². The normalized spacial score (nSPS) is 21.7. The number of nitrogens with two attached hydrogens (primary N) is 1. The molecule has 4 heterocycles. The van der Waals surface area contributed by atoms with Gasteiger partial charge in [-0.2, -0.15) is 23.1 Å². The first-order valence-corrected chi connectivity index (χ1v) is 14.2. The van der Waals surface area contributed by atoms with Crippen LogP contribution in [0.1, 0.15) is 37.3 Å². The number of benzene rings is 1. The number of rotatable bonds is 5. The number of aromatic nitrogens is 3. The van der Waals surface area contributed by atoms with Gasteiger partial charge in [0, 0.05) is 44.2 Å². The standard InChI is InChI=1S/C29H33F6N7O2/c1-4-17-10-14(2)44-27-20-25(23(32)24(39-27)18-11-19(36)22(31)15(3)21(18)29(33,34)35)40-28(41-26(20)38-8-7-37-17)43-13-42-9-5-6-16(30)12-42/h4,11,14,16-17,37H,1,5-10,12-13,36H2,2-3H3,(H,38,40,41)/t14-,16+,17?/m0/s1. The molecule has 1 aromatic carbocycles. The second-order valence-electron chi connectivity index (χ2n) is 11.0. The summed E-state index contributed by atoms with van der Waals surface area (Å²) in [5.41, 5.74) is 0.848. The molecule has 4 N–H and O–H groups in total. The smallest absolute Gasteiger partial charge is 0.417 e. The van der Waals surface area contributed by atoms with Gasteiger partial charge < -0.3 is 25.8 Å². The Morgan fingerprint density at radius 2 is 1.98 bits per heavy atom. The maximum absolute atomic E-state index is 16.5. The molecule has 9 nitrogen and oxygen atoms in total. The molecule has 3 atom stereocenters. The van der Waals surface area contributed by atoms with E-state index < -0.39 is 63.7 Å². The molecule has 0 bridgehead atoms. The van der Waals surface area contributed by atoms with Gasteiger partial charge in [-0.25, -0.2) is 18.2 Å². The van der Waals surface area contributed by atoms with E-state index in [-0.39, 0.29) is 42.4 Å². The summed E-state index contributed by atoms with van der Waals surface area (Å²) in [6.45, 7) is 7.81. The SMILES string of the molecule is C=CC1C[C@H](C)Oc2nc(-c3cc(N)c(F)c(C)c3C(F)(F)F)c(F)c3nc(OCN4CCC[C@@H](F)C4)nc(c23)NCCN1. The predicted molar refractivity (Wildman–Crippen MR) is 153 cm³/mol. The molecule has 1 unspecified atom stereocenters. The zero-order chi connectivity index (χ0) is 31.8. The van der Waals surface area contributed by atoms with E-state index >= 15 is 4.39 Å². The number of ether oxygens (including phenoxy) is 2. The second-order valence-corrected chi connectivity index (χ2v) is 11.0. The van der Waals surface area contributed by atoms with Gasteiger partial charge in [0.05, 0.1) is 17.4 Å². The molecule has 44 heavy (non-hydrogen) atoms. The van der Waals surface area contributed by atoms with Crippen LogP contribution in [-0.2, 0) is 6.18 Å². The number of hydrogen-bond acceptors (Lipinski definition) is 9. The number of piperidine rings is 1. The molecular formula is C29H33F6N7O2. The maximum Gasteiger partial charge on any atom is 0.417 e. The molecule has 2 aliphatic heterocycles. The van der Waals surface area contributed by atoms with Crippen LogP contribution in [0.4, 0.5) is 37.8 Å². The zero-order valence-corrected chi connectivity index (χ0v) is 24.2. The Hall–Kier alpha value is -3.85.